The summed E-state index contributed by atoms with van der Waals surface area (Å²) in [6.07, 6.45) is 8.43. The highest BCUT2D eigenvalue weighted by molar-refractivity contribution is 5.87. The minimum atomic E-state index is -0.528. The molecule has 0 aliphatic carbocycles. The Hall–Kier alpha value is -2.86. The zero-order valence-electron chi connectivity index (χ0n) is 22.7. The van der Waals surface area contributed by atoms with Crippen molar-refractivity contribution in [2.24, 2.45) is 11.1 Å². The number of carbonyl (C=O) groups excluding carboxylic acids is 1. The van der Waals surface area contributed by atoms with Crippen molar-refractivity contribution in [3.8, 4) is 5.88 Å². The first-order valence-corrected chi connectivity index (χ1v) is 12.3. The fourth-order valence-electron chi connectivity index (χ4n) is 3.48. The summed E-state index contributed by atoms with van der Waals surface area (Å²) < 4.78 is 11.6. The molecule has 0 radical (unpaired) electrons. The number of nitrogens with two attached hydrogens (primary N) is 1. The van der Waals surface area contributed by atoms with Crippen LogP contribution in [0.4, 0.5) is 10.5 Å². The topological polar surface area (TPSA) is 77.7 Å². The lowest BCUT2D eigenvalue weighted by molar-refractivity contribution is 0.0589. The maximum absolute atomic E-state index is 12.2. The number of benzene rings is 1. The Kier molecular flexibility index (Phi) is 9.50. The van der Waals surface area contributed by atoms with Gasteiger partial charge < -0.3 is 15.2 Å². The highest BCUT2D eigenvalue weighted by atomic mass is 16.6. The van der Waals surface area contributed by atoms with Gasteiger partial charge in [-0.1, -0.05) is 38.1 Å². The number of amides is 1. The molecule has 0 spiro atoms. The normalized spacial score (nSPS) is 12.6. The molecule has 192 valence electrons. The van der Waals surface area contributed by atoms with Gasteiger partial charge >= 0.3 is 6.09 Å². The molecule has 2 rings (SSSR count). The number of pyridine rings is 1. The molecule has 6 nitrogen and oxygen atoms in total. The van der Waals surface area contributed by atoms with Crippen LogP contribution < -0.4 is 15.4 Å². The molecule has 0 aliphatic heterocycles. The van der Waals surface area contributed by atoms with E-state index in [1.807, 2.05) is 75.5 Å². The highest BCUT2D eigenvalue weighted by Gasteiger charge is 2.26. The van der Waals surface area contributed by atoms with Gasteiger partial charge in [0.1, 0.15) is 11.2 Å². The quantitative estimate of drug-likeness (QED) is 0.398. The van der Waals surface area contributed by atoms with Gasteiger partial charge in [-0.05, 0) is 95.2 Å². The van der Waals surface area contributed by atoms with Crippen LogP contribution in [0.5, 0.6) is 5.88 Å². The standard InChI is InChI=1S/C29H43N3O3/c1-27(2,3)35-26(33)32(8)24-14-11-22(12-15-24)9-10-23-13-16-25(31-21-23)34-29(6,7)18-17-28(4,5)19-20-30/h9-16,21H,17-20,30H2,1-8H3/b10-9+. The summed E-state index contributed by atoms with van der Waals surface area (Å²) in [5.74, 6) is 0.623. The number of hydrogen-bond donors (Lipinski definition) is 1. The number of carbonyl (C=O) groups is 1. The SMILES string of the molecule is CN(C(=O)OC(C)(C)C)c1ccc(/C=C/c2ccc(OC(C)(C)CCC(C)(C)CCN)nc2)cc1. The number of aromatic nitrogens is 1. The van der Waals surface area contributed by atoms with E-state index >= 15 is 0 Å². The maximum Gasteiger partial charge on any atom is 0.414 e. The molecule has 2 N–H and O–H groups in total. The average molecular weight is 482 g/mol. The molecule has 1 heterocycles. The predicted molar refractivity (Wildman–Crippen MR) is 146 cm³/mol. The van der Waals surface area contributed by atoms with Crippen molar-refractivity contribution in [1.82, 2.24) is 4.98 Å². The lowest BCUT2D eigenvalue weighted by Crippen LogP contribution is -2.34. The lowest BCUT2D eigenvalue weighted by Gasteiger charge is -2.31. The van der Waals surface area contributed by atoms with Gasteiger partial charge in [-0.3, -0.25) is 4.90 Å². The van der Waals surface area contributed by atoms with E-state index in [0.29, 0.717) is 12.4 Å². The Morgan fingerprint density at radius 1 is 0.914 bits per heavy atom. The van der Waals surface area contributed by atoms with Gasteiger partial charge in [-0.2, -0.15) is 0 Å². The average Bonchev–Trinajstić information content (AvgIpc) is 2.76. The van der Waals surface area contributed by atoms with Crippen LogP contribution in [-0.2, 0) is 4.74 Å². The Morgan fingerprint density at radius 2 is 1.51 bits per heavy atom. The molecule has 0 saturated carbocycles. The summed E-state index contributed by atoms with van der Waals surface area (Å²) in [5, 5.41) is 0. The van der Waals surface area contributed by atoms with Crippen molar-refractivity contribution in [1.29, 1.82) is 0 Å². The van der Waals surface area contributed by atoms with E-state index < -0.39 is 5.60 Å². The summed E-state index contributed by atoms with van der Waals surface area (Å²) >= 11 is 0. The van der Waals surface area contributed by atoms with Crippen molar-refractivity contribution in [3.05, 3.63) is 53.7 Å². The summed E-state index contributed by atoms with van der Waals surface area (Å²) in [5.41, 5.74) is 7.89. The van der Waals surface area contributed by atoms with Gasteiger partial charge in [0.05, 0.1) is 0 Å². The van der Waals surface area contributed by atoms with Crippen LogP contribution >= 0.6 is 0 Å². The van der Waals surface area contributed by atoms with Crippen LogP contribution in [0.3, 0.4) is 0 Å². The molecule has 0 atom stereocenters. The smallest absolute Gasteiger partial charge is 0.414 e. The van der Waals surface area contributed by atoms with E-state index in [4.69, 9.17) is 15.2 Å². The van der Waals surface area contributed by atoms with E-state index in [9.17, 15) is 4.79 Å². The molecular weight excluding hydrogens is 438 g/mol. The molecule has 35 heavy (non-hydrogen) atoms. The Bertz CT molecular complexity index is 972. The Morgan fingerprint density at radius 3 is 2.06 bits per heavy atom. The second-order valence-electron chi connectivity index (χ2n) is 11.5. The van der Waals surface area contributed by atoms with E-state index in [2.05, 4.69) is 32.7 Å². The van der Waals surface area contributed by atoms with Gasteiger partial charge in [0.25, 0.3) is 0 Å². The zero-order chi connectivity index (χ0) is 26.3. The summed E-state index contributed by atoms with van der Waals surface area (Å²) in [4.78, 5) is 18.2. The van der Waals surface area contributed by atoms with E-state index in [0.717, 1.165) is 36.1 Å². The molecule has 0 fully saturated rings. The Balaban J connectivity index is 1.94. The van der Waals surface area contributed by atoms with Gasteiger partial charge in [0.15, 0.2) is 0 Å². The monoisotopic (exact) mass is 481 g/mol. The number of anilines is 1. The maximum atomic E-state index is 12.2. The Labute approximate surface area is 211 Å². The molecule has 0 bridgehead atoms. The molecule has 1 amide bonds. The predicted octanol–water partition coefficient (Wildman–Crippen LogP) is 6.94. The van der Waals surface area contributed by atoms with Crippen LogP contribution in [0.2, 0.25) is 0 Å². The van der Waals surface area contributed by atoms with Crippen LogP contribution in [0.15, 0.2) is 42.6 Å². The van der Waals surface area contributed by atoms with Crippen LogP contribution in [0.25, 0.3) is 12.2 Å². The largest absolute Gasteiger partial charge is 0.472 e. The fraction of sp³-hybridized carbons (Fsp3) is 0.517. The van der Waals surface area contributed by atoms with Crippen LogP contribution in [0.1, 0.15) is 78.9 Å². The van der Waals surface area contributed by atoms with Crippen molar-refractivity contribution < 1.29 is 14.3 Å². The second kappa shape index (κ2) is 11.7. The molecule has 2 aromatic rings. The highest BCUT2D eigenvalue weighted by Crippen LogP contribution is 2.31. The van der Waals surface area contributed by atoms with Crippen LogP contribution in [0, 0.1) is 5.41 Å². The van der Waals surface area contributed by atoms with Crippen molar-refractivity contribution in [2.45, 2.75) is 78.9 Å². The minimum absolute atomic E-state index is 0.209. The number of rotatable bonds is 10. The molecule has 0 saturated heterocycles. The molecule has 6 heteroatoms. The molecule has 0 aliphatic rings. The summed E-state index contributed by atoms with van der Waals surface area (Å²) in [6, 6.07) is 11.6. The van der Waals surface area contributed by atoms with Crippen molar-refractivity contribution >= 4 is 23.9 Å². The zero-order valence-corrected chi connectivity index (χ0v) is 22.7. The van der Waals surface area contributed by atoms with E-state index in [1.54, 1.807) is 7.05 Å². The van der Waals surface area contributed by atoms with Crippen LogP contribution in [-0.4, -0.2) is 35.9 Å². The van der Waals surface area contributed by atoms with Gasteiger partial charge in [0, 0.05) is 25.0 Å². The fourth-order valence-corrected chi connectivity index (χ4v) is 3.48. The van der Waals surface area contributed by atoms with Gasteiger partial charge in [0.2, 0.25) is 5.88 Å². The number of ether oxygens (including phenoxy) is 2. The third-order valence-electron chi connectivity index (χ3n) is 5.78. The summed E-state index contributed by atoms with van der Waals surface area (Å²) in [7, 11) is 1.70. The number of nitrogens with zero attached hydrogens (tertiary/aromatic N) is 2. The number of hydrogen-bond acceptors (Lipinski definition) is 5. The minimum Gasteiger partial charge on any atom is -0.472 e. The molecule has 1 aromatic carbocycles. The lowest BCUT2D eigenvalue weighted by atomic mass is 9.81. The molecule has 1 aromatic heterocycles. The van der Waals surface area contributed by atoms with E-state index in [1.165, 1.54) is 4.90 Å². The molecular formula is C29H43N3O3. The first-order valence-electron chi connectivity index (χ1n) is 12.3. The van der Waals surface area contributed by atoms with Crippen molar-refractivity contribution in [2.75, 3.05) is 18.5 Å². The van der Waals surface area contributed by atoms with Gasteiger partial charge in [-0.25, -0.2) is 9.78 Å². The third kappa shape index (κ3) is 10.1. The van der Waals surface area contributed by atoms with E-state index in [-0.39, 0.29) is 17.1 Å². The molecule has 0 unspecified atom stereocenters. The summed E-state index contributed by atoms with van der Waals surface area (Å²) in [6.45, 7) is 15.0. The second-order valence-corrected chi connectivity index (χ2v) is 11.5. The first kappa shape index (κ1) is 28.4. The van der Waals surface area contributed by atoms with Gasteiger partial charge in [-0.15, -0.1) is 0 Å². The van der Waals surface area contributed by atoms with Crippen molar-refractivity contribution in [3.63, 3.8) is 0 Å². The first-order chi connectivity index (χ1) is 16.2. The third-order valence-corrected chi connectivity index (χ3v) is 5.78.